The number of aryl methyl sites for hydroxylation is 1. The first-order valence-electron chi connectivity index (χ1n) is 3.94. The third kappa shape index (κ3) is 2.77. The third-order valence-corrected chi connectivity index (χ3v) is 2.88. The molecular formula is C8H13IN4. The first kappa shape index (κ1) is 10.6. The number of nitrogens with two attached hydrogens (primary N) is 1. The van der Waals surface area contributed by atoms with E-state index in [1.165, 1.54) is 0 Å². The zero-order valence-electron chi connectivity index (χ0n) is 8.00. The summed E-state index contributed by atoms with van der Waals surface area (Å²) in [6.07, 6.45) is 0. The lowest BCUT2D eigenvalue weighted by Gasteiger charge is -2.10. The van der Waals surface area contributed by atoms with Crippen LogP contribution < -0.4 is 5.73 Å². The summed E-state index contributed by atoms with van der Waals surface area (Å²) in [6, 6.07) is 0. The summed E-state index contributed by atoms with van der Waals surface area (Å²) >= 11 is 2.16. The zero-order chi connectivity index (χ0) is 10.0. The van der Waals surface area contributed by atoms with Gasteiger partial charge in [-0.05, 0) is 43.6 Å². The predicted octanol–water partition coefficient (Wildman–Crippen LogP) is 1.03. The fourth-order valence-electron chi connectivity index (χ4n) is 0.995. The van der Waals surface area contributed by atoms with Crippen LogP contribution in [0.1, 0.15) is 11.5 Å². The maximum Gasteiger partial charge on any atom is 0.145 e. The van der Waals surface area contributed by atoms with Crippen LogP contribution in [0.3, 0.4) is 0 Å². The second-order valence-electron chi connectivity index (χ2n) is 3.16. The van der Waals surface area contributed by atoms with E-state index in [1.54, 1.807) is 0 Å². The Morgan fingerprint density at radius 1 is 1.38 bits per heavy atom. The Morgan fingerprint density at radius 3 is 2.46 bits per heavy atom. The van der Waals surface area contributed by atoms with E-state index in [9.17, 15) is 0 Å². The van der Waals surface area contributed by atoms with Gasteiger partial charge in [0.2, 0.25) is 0 Å². The van der Waals surface area contributed by atoms with E-state index < -0.39 is 0 Å². The predicted molar refractivity (Wildman–Crippen MR) is 61.3 cm³/mol. The fourth-order valence-corrected chi connectivity index (χ4v) is 1.24. The molecule has 2 N–H and O–H groups in total. The molecule has 5 heteroatoms. The minimum atomic E-state index is 0.574. The summed E-state index contributed by atoms with van der Waals surface area (Å²) in [4.78, 5) is 10.5. The molecule has 0 aromatic carbocycles. The maximum atomic E-state index is 5.72. The van der Waals surface area contributed by atoms with Crippen molar-refractivity contribution in [3.8, 4) is 0 Å². The molecule has 13 heavy (non-hydrogen) atoms. The lowest BCUT2D eigenvalue weighted by molar-refractivity contribution is 0.390. The number of rotatable bonds is 2. The average molecular weight is 292 g/mol. The van der Waals surface area contributed by atoms with E-state index in [1.807, 2.05) is 25.9 Å². The lowest BCUT2D eigenvalue weighted by Crippen LogP contribution is -2.15. The minimum absolute atomic E-state index is 0.574. The molecule has 1 rings (SSSR count). The van der Waals surface area contributed by atoms with E-state index in [4.69, 9.17) is 5.73 Å². The molecule has 0 atom stereocenters. The van der Waals surface area contributed by atoms with Gasteiger partial charge in [0.05, 0.1) is 15.8 Å². The first-order valence-corrected chi connectivity index (χ1v) is 5.02. The molecule has 0 aliphatic carbocycles. The van der Waals surface area contributed by atoms with Gasteiger partial charge < -0.3 is 10.6 Å². The van der Waals surface area contributed by atoms with E-state index in [0.717, 1.165) is 21.6 Å². The van der Waals surface area contributed by atoms with E-state index in [2.05, 4.69) is 32.6 Å². The molecule has 0 radical (unpaired) electrons. The molecular weight excluding hydrogens is 279 g/mol. The Hall–Kier alpha value is -0.430. The number of hydrogen-bond acceptors (Lipinski definition) is 4. The number of aromatic nitrogens is 2. The van der Waals surface area contributed by atoms with E-state index >= 15 is 0 Å². The highest BCUT2D eigenvalue weighted by Crippen LogP contribution is 2.15. The molecule has 0 saturated carbocycles. The number of nitrogen functional groups attached to an aromatic ring is 1. The van der Waals surface area contributed by atoms with Crippen molar-refractivity contribution in [2.75, 3.05) is 19.8 Å². The van der Waals surface area contributed by atoms with Crippen LogP contribution in [0.25, 0.3) is 0 Å². The quantitative estimate of drug-likeness (QED) is 0.827. The Labute approximate surface area is 91.7 Å². The molecule has 0 saturated heterocycles. The molecule has 1 aromatic rings. The first-order chi connectivity index (χ1) is 6.00. The SMILES string of the molecule is Cc1nc(CN(C)C)nc(N)c1I. The summed E-state index contributed by atoms with van der Waals surface area (Å²) in [6.45, 7) is 2.67. The van der Waals surface area contributed by atoms with Crippen LogP contribution in [0, 0.1) is 10.5 Å². The smallest absolute Gasteiger partial charge is 0.145 e. The second kappa shape index (κ2) is 4.19. The van der Waals surface area contributed by atoms with Crippen LogP contribution in [0.15, 0.2) is 0 Å². The van der Waals surface area contributed by atoms with Gasteiger partial charge in [0.15, 0.2) is 0 Å². The van der Waals surface area contributed by atoms with Gasteiger partial charge in [-0.2, -0.15) is 0 Å². The van der Waals surface area contributed by atoms with Crippen LogP contribution >= 0.6 is 22.6 Å². The van der Waals surface area contributed by atoms with Crippen LogP contribution in [0.4, 0.5) is 5.82 Å². The minimum Gasteiger partial charge on any atom is -0.383 e. The summed E-state index contributed by atoms with van der Waals surface area (Å²) < 4.78 is 0.945. The Kier molecular flexibility index (Phi) is 3.43. The van der Waals surface area contributed by atoms with E-state index in [-0.39, 0.29) is 0 Å². The van der Waals surface area contributed by atoms with Crippen LogP contribution in [-0.2, 0) is 6.54 Å². The Morgan fingerprint density at radius 2 is 2.00 bits per heavy atom. The van der Waals surface area contributed by atoms with Crippen molar-refractivity contribution in [3.63, 3.8) is 0 Å². The Balaban J connectivity index is 2.99. The summed E-state index contributed by atoms with van der Waals surface area (Å²) in [5.41, 5.74) is 6.67. The van der Waals surface area contributed by atoms with Crippen molar-refractivity contribution in [2.45, 2.75) is 13.5 Å². The monoisotopic (exact) mass is 292 g/mol. The topological polar surface area (TPSA) is 55.0 Å². The van der Waals surface area contributed by atoms with Crippen molar-refractivity contribution in [2.24, 2.45) is 0 Å². The number of halogens is 1. The van der Waals surface area contributed by atoms with Gasteiger partial charge in [-0.25, -0.2) is 9.97 Å². The largest absolute Gasteiger partial charge is 0.383 e. The number of hydrogen-bond donors (Lipinski definition) is 1. The molecule has 0 spiro atoms. The summed E-state index contributed by atoms with van der Waals surface area (Å²) in [7, 11) is 3.96. The van der Waals surface area contributed by atoms with Crippen molar-refractivity contribution in [1.29, 1.82) is 0 Å². The highest BCUT2D eigenvalue weighted by molar-refractivity contribution is 14.1. The van der Waals surface area contributed by atoms with Gasteiger partial charge in [-0.15, -0.1) is 0 Å². The number of anilines is 1. The maximum absolute atomic E-state index is 5.72. The Bertz CT molecular complexity index is 288. The van der Waals surface area contributed by atoms with Gasteiger partial charge >= 0.3 is 0 Å². The van der Waals surface area contributed by atoms with Crippen LogP contribution in [0.2, 0.25) is 0 Å². The highest BCUT2D eigenvalue weighted by atomic mass is 127. The normalized spacial score (nSPS) is 10.8. The molecule has 0 fully saturated rings. The molecule has 1 heterocycles. The fraction of sp³-hybridized carbons (Fsp3) is 0.500. The molecule has 0 unspecified atom stereocenters. The molecule has 4 nitrogen and oxygen atoms in total. The summed E-state index contributed by atoms with van der Waals surface area (Å²) in [5, 5.41) is 0. The van der Waals surface area contributed by atoms with Crippen molar-refractivity contribution in [1.82, 2.24) is 14.9 Å². The average Bonchev–Trinajstić information content (AvgIpc) is 1.98. The second-order valence-corrected chi connectivity index (χ2v) is 4.24. The molecule has 0 amide bonds. The number of nitrogens with zero attached hydrogens (tertiary/aromatic N) is 3. The van der Waals surface area contributed by atoms with Gasteiger partial charge in [-0.3, -0.25) is 0 Å². The highest BCUT2D eigenvalue weighted by Gasteiger charge is 2.06. The molecule has 0 bridgehead atoms. The van der Waals surface area contributed by atoms with Crippen molar-refractivity contribution < 1.29 is 0 Å². The van der Waals surface area contributed by atoms with Gasteiger partial charge in [0, 0.05) is 0 Å². The van der Waals surface area contributed by atoms with Crippen LogP contribution in [-0.4, -0.2) is 29.0 Å². The van der Waals surface area contributed by atoms with Crippen molar-refractivity contribution in [3.05, 3.63) is 15.1 Å². The zero-order valence-corrected chi connectivity index (χ0v) is 10.2. The van der Waals surface area contributed by atoms with Crippen molar-refractivity contribution >= 4 is 28.4 Å². The van der Waals surface area contributed by atoms with Crippen LogP contribution in [0.5, 0.6) is 0 Å². The molecule has 1 aromatic heterocycles. The molecule has 0 aliphatic rings. The molecule has 72 valence electrons. The van der Waals surface area contributed by atoms with Gasteiger partial charge in [0.25, 0.3) is 0 Å². The lowest BCUT2D eigenvalue weighted by atomic mass is 10.4. The van der Waals surface area contributed by atoms with E-state index in [0.29, 0.717) is 5.82 Å². The third-order valence-electron chi connectivity index (χ3n) is 1.55. The van der Waals surface area contributed by atoms with Gasteiger partial charge in [-0.1, -0.05) is 0 Å². The summed E-state index contributed by atoms with van der Waals surface area (Å²) in [5.74, 6) is 1.35. The standard InChI is InChI=1S/C8H13IN4/c1-5-7(9)8(10)12-6(11-5)4-13(2)3/h4H2,1-3H3,(H2,10,11,12). The molecule has 0 aliphatic heterocycles. The van der Waals surface area contributed by atoms with Gasteiger partial charge in [0.1, 0.15) is 11.6 Å².